The Morgan fingerprint density at radius 1 is 0.975 bits per heavy atom. The van der Waals surface area contributed by atoms with Crippen LogP contribution in [0.3, 0.4) is 0 Å². The van der Waals surface area contributed by atoms with E-state index in [1.807, 2.05) is 30.3 Å². The van der Waals surface area contributed by atoms with Gasteiger partial charge in [-0.3, -0.25) is 4.98 Å². The summed E-state index contributed by atoms with van der Waals surface area (Å²) in [6.45, 7) is 0.204. The van der Waals surface area contributed by atoms with E-state index in [4.69, 9.17) is 21.3 Å². The number of halogens is 2. The summed E-state index contributed by atoms with van der Waals surface area (Å²) in [6, 6.07) is 19.3. The number of carboxylic acids is 1. The quantitative estimate of drug-likeness (QED) is 0.218. The predicted molar refractivity (Wildman–Crippen MR) is 153 cm³/mol. The molecule has 2 heterocycles. The van der Waals surface area contributed by atoms with Gasteiger partial charge in [0.05, 0.1) is 22.2 Å². The highest BCUT2D eigenvalue weighted by Gasteiger charge is 2.24. The van der Waals surface area contributed by atoms with Crippen molar-refractivity contribution in [2.24, 2.45) is 0 Å². The van der Waals surface area contributed by atoms with E-state index in [1.165, 1.54) is 12.5 Å². The summed E-state index contributed by atoms with van der Waals surface area (Å²) >= 11 is 6.27. The van der Waals surface area contributed by atoms with Gasteiger partial charge in [0, 0.05) is 29.5 Å². The molecule has 1 aliphatic carbocycles. The third-order valence-corrected chi connectivity index (χ3v) is 7.75. The van der Waals surface area contributed by atoms with E-state index in [1.54, 1.807) is 42.7 Å². The zero-order valence-electron chi connectivity index (χ0n) is 21.7. The smallest absolute Gasteiger partial charge is 0.335 e. The molecule has 0 aliphatic heterocycles. The largest absolute Gasteiger partial charge is 0.489 e. The van der Waals surface area contributed by atoms with E-state index in [-0.39, 0.29) is 18.2 Å². The molecular formula is C32H27ClFN3O3. The van der Waals surface area contributed by atoms with Crippen molar-refractivity contribution >= 4 is 28.6 Å². The maximum Gasteiger partial charge on any atom is 0.335 e. The van der Waals surface area contributed by atoms with Crippen LogP contribution in [-0.2, 0) is 6.61 Å². The van der Waals surface area contributed by atoms with Crippen LogP contribution in [0.4, 0.5) is 4.39 Å². The Morgan fingerprint density at radius 3 is 2.50 bits per heavy atom. The standard InChI is InChI=1S/C32H27ClFN3O3/c33-23-7-9-26(20-12-14-35-15-13-20)22(16-23)19-40-25-8-10-27(28(34)18-25)31-36-29-17-21(32(38)39)6-11-30(29)37(31)24-4-2-1-3-5-24/h6-18,24H,1-5,19H2,(H,38,39). The number of hydrogen-bond donors (Lipinski definition) is 1. The highest BCUT2D eigenvalue weighted by Crippen LogP contribution is 2.38. The average molecular weight is 556 g/mol. The van der Waals surface area contributed by atoms with Crippen molar-refractivity contribution in [2.45, 2.75) is 44.8 Å². The molecule has 0 atom stereocenters. The number of ether oxygens (including phenoxy) is 1. The first kappa shape index (κ1) is 26.0. The van der Waals surface area contributed by atoms with Crippen LogP contribution in [0.15, 0.2) is 79.1 Å². The molecule has 0 saturated heterocycles. The number of aromatic nitrogens is 3. The van der Waals surface area contributed by atoms with E-state index >= 15 is 4.39 Å². The molecule has 3 aromatic carbocycles. The molecule has 2 aromatic heterocycles. The third-order valence-electron chi connectivity index (χ3n) is 7.51. The first-order chi connectivity index (χ1) is 19.5. The molecule has 1 saturated carbocycles. The third kappa shape index (κ3) is 5.17. The summed E-state index contributed by atoms with van der Waals surface area (Å²) < 4.78 is 23.8. The summed E-state index contributed by atoms with van der Waals surface area (Å²) in [5.74, 6) is -0.586. The number of fused-ring (bicyclic) bond motifs is 1. The molecule has 1 aliphatic rings. The number of carboxylic acid groups (broad SMARTS) is 1. The van der Waals surface area contributed by atoms with Crippen LogP contribution in [0.25, 0.3) is 33.5 Å². The van der Waals surface area contributed by atoms with Crippen LogP contribution in [0.1, 0.15) is 54.1 Å². The van der Waals surface area contributed by atoms with Crippen LogP contribution >= 0.6 is 11.6 Å². The number of pyridine rings is 1. The fourth-order valence-corrected chi connectivity index (χ4v) is 5.75. The molecule has 1 fully saturated rings. The average Bonchev–Trinajstić information content (AvgIpc) is 3.35. The second-order valence-electron chi connectivity index (χ2n) is 10.1. The second-order valence-corrected chi connectivity index (χ2v) is 10.5. The first-order valence-corrected chi connectivity index (χ1v) is 13.7. The summed E-state index contributed by atoms with van der Waals surface area (Å²) in [7, 11) is 0. The highest BCUT2D eigenvalue weighted by molar-refractivity contribution is 6.30. The Bertz CT molecular complexity index is 1700. The molecule has 1 N–H and O–H groups in total. The molecule has 6 rings (SSSR count). The Hall–Kier alpha value is -4.23. The van der Waals surface area contributed by atoms with Gasteiger partial charge < -0.3 is 14.4 Å². The van der Waals surface area contributed by atoms with Crippen molar-refractivity contribution in [3.8, 4) is 28.3 Å². The zero-order valence-corrected chi connectivity index (χ0v) is 22.4. The molecule has 0 radical (unpaired) electrons. The second kappa shape index (κ2) is 11.1. The van der Waals surface area contributed by atoms with Crippen LogP contribution in [0.2, 0.25) is 5.02 Å². The molecule has 0 bridgehead atoms. The fourth-order valence-electron chi connectivity index (χ4n) is 5.55. The van der Waals surface area contributed by atoms with Gasteiger partial charge in [0.2, 0.25) is 0 Å². The van der Waals surface area contributed by atoms with Gasteiger partial charge in [-0.05, 0) is 84.1 Å². The Kier molecular flexibility index (Phi) is 7.22. The van der Waals surface area contributed by atoms with Gasteiger partial charge in [0.1, 0.15) is 24.0 Å². The lowest BCUT2D eigenvalue weighted by atomic mass is 9.94. The molecule has 6 nitrogen and oxygen atoms in total. The fraction of sp³-hybridized carbons (Fsp3) is 0.219. The number of aromatic carboxylic acids is 1. The Morgan fingerprint density at radius 2 is 1.75 bits per heavy atom. The number of imidazole rings is 1. The molecular weight excluding hydrogens is 529 g/mol. The summed E-state index contributed by atoms with van der Waals surface area (Å²) in [4.78, 5) is 20.4. The van der Waals surface area contributed by atoms with Gasteiger partial charge in [-0.2, -0.15) is 0 Å². The molecule has 40 heavy (non-hydrogen) atoms. The van der Waals surface area contributed by atoms with E-state index in [9.17, 15) is 9.90 Å². The van der Waals surface area contributed by atoms with Crippen LogP contribution in [0.5, 0.6) is 5.75 Å². The van der Waals surface area contributed by atoms with Crippen LogP contribution in [-0.4, -0.2) is 25.6 Å². The van der Waals surface area contributed by atoms with Gasteiger partial charge >= 0.3 is 5.97 Å². The van der Waals surface area contributed by atoms with Crippen molar-refractivity contribution in [1.82, 2.24) is 14.5 Å². The predicted octanol–water partition coefficient (Wildman–Crippen LogP) is 8.34. The normalized spacial score (nSPS) is 13.9. The monoisotopic (exact) mass is 555 g/mol. The maximum absolute atomic E-state index is 15.7. The molecule has 5 aromatic rings. The number of benzene rings is 3. The minimum absolute atomic E-state index is 0.156. The summed E-state index contributed by atoms with van der Waals surface area (Å²) in [5, 5.41) is 10.1. The van der Waals surface area contributed by atoms with Crippen LogP contribution < -0.4 is 4.74 Å². The summed E-state index contributed by atoms with van der Waals surface area (Å²) in [5.41, 5.74) is 4.69. The van der Waals surface area contributed by atoms with Crippen molar-refractivity contribution in [1.29, 1.82) is 0 Å². The molecule has 8 heteroatoms. The maximum atomic E-state index is 15.7. The van der Waals surface area contributed by atoms with Crippen LogP contribution in [0, 0.1) is 5.82 Å². The molecule has 0 spiro atoms. The van der Waals surface area contributed by atoms with Gasteiger partial charge in [0.25, 0.3) is 0 Å². The summed E-state index contributed by atoms with van der Waals surface area (Å²) in [6.07, 6.45) is 8.77. The lowest BCUT2D eigenvalue weighted by Crippen LogP contribution is -2.14. The van der Waals surface area contributed by atoms with E-state index < -0.39 is 11.8 Å². The van der Waals surface area contributed by atoms with E-state index in [0.29, 0.717) is 27.7 Å². The van der Waals surface area contributed by atoms with Crippen molar-refractivity contribution in [2.75, 3.05) is 0 Å². The number of rotatable bonds is 7. The van der Waals surface area contributed by atoms with Gasteiger partial charge in [-0.1, -0.05) is 36.9 Å². The number of hydrogen-bond acceptors (Lipinski definition) is 4. The van der Waals surface area contributed by atoms with Gasteiger partial charge in [0.15, 0.2) is 0 Å². The van der Waals surface area contributed by atoms with E-state index in [0.717, 1.165) is 47.9 Å². The number of carbonyl (C=O) groups is 1. The zero-order chi connectivity index (χ0) is 27.6. The molecule has 0 unspecified atom stereocenters. The lowest BCUT2D eigenvalue weighted by molar-refractivity contribution is 0.0697. The lowest BCUT2D eigenvalue weighted by Gasteiger charge is -2.25. The topological polar surface area (TPSA) is 77.2 Å². The van der Waals surface area contributed by atoms with Gasteiger partial charge in [-0.15, -0.1) is 0 Å². The van der Waals surface area contributed by atoms with Crippen molar-refractivity contribution in [3.05, 3.63) is 101 Å². The Balaban J connectivity index is 1.33. The highest BCUT2D eigenvalue weighted by atomic mass is 35.5. The Labute approximate surface area is 236 Å². The minimum Gasteiger partial charge on any atom is -0.489 e. The number of nitrogens with zero attached hydrogens (tertiary/aromatic N) is 3. The first-order valence-electron chi connectivity index (χ1n) is 13.3. The van der Waals surface area contributed by atoms with E-state index in [2.05, 4.69) is 9.55 Å². The van der Waals surface area contributed by atoms with Gasteiger partial charge in [-0.25, -0.2) is 14.2 Å². The van der Waals surface area contributed by atoms with Crippen molar-refractivity contribution < 1.29 is 19.0 Å². The SMILES string of the molecule is O=C(O)c1ccc2c(c1)nc(-c1ccc(OCc3cc(Cl)ccc3-c3ccncc3)cc1F)n2C1CCCCC1. The minimum atomic E-state index is -1.02. The molecule has 202 valence electrons. The van der Waals surface area contributed by atoms with Crippen molar-refractivity contribution in [3.63, 3.8) is 0 Å². The molecule has 0 amide bonds.